The lowest BCUT2D eigenvalue weighted by molar-refractivity contribution is 0.0717. The highest BCUT2D eigenvalue weighted by molar-refractivity contribution is 6.31. The van der Waals surface area contributed by atoms with Crippen LogP contribution in [-0.2, 0) is 13.0 Å². The zero-order valence-corrected chi connectivity index (χ0v) is 17.6. The lowest BCUT2D eigenvalue weighted by atomic mass is 9.95. The number of carbonyl (C=O) groups excluding carboxylic acids is 1. The maximum atomic E-state index is 13.4. The van der Waals surface area contributed by atoms with Crippen molar-refractivity contribution in [1.29, 1.82) is 0 Å². The number of hydrogen-bond donors (Lipinski definition) is 2. The Morgan fingerprint density at radius 3 is 2.71 bits per heavy atom. The number of nitrogens with zero attached hydrogens (tertiary/aromatic N) is 2. The van der Waals surface area contributed by atoms with Crippen LogP contribution < -0.4 is 0 Å². The first-order valence-corrected chi connectivity index (χ1v) is 10.4. The number of rotatable bonds is 5. The summed E-state index contributed by atoms with van der Waals surface area (Å²) < 4.78 is 5.51. The number of fused-ring (bicyclic) bond motifs is 1. The largest absolute Gasteiger partial charge is 0.507 e. The molecule has 156 valence electrons. The zero-order valence-electron chi connectivity index (χ0n) is 16.8. The quantitative estimate of drug-likeness (QED) is 0.445. The van der Waals surface area contributed by atoms with E-state index in [1.54, 1.807) is 29.4 Å². The summed E-state index contributed by atoms with van der Waals surface area (Å²) in [7, 11) is 0. The van der Waals surface area contributed by atoms with Crippen LogP contribution in [0.5, 0.6) is 5.75 Å². The number of halogens is 1. The van der Waals surface area contributed by atoms with Crippen molar-refractivity contribution in [1.82, 2.24) is 15.1 Å². The zero-order chi connectivity index (χ0) is 21.5. The number of aryl methyl sites for hydroxylation is 1. The summed E-state index contributed by atoms with van der Waals surface area (Å²) in [5.41, 5.74) is 4.29. The highest BCUT2D eigenvalue weighted by atomic mass is 35.5. The van der Waals surface area contributed by atoms with Gasteiger partial charge in [-0.2, -0.15) is 5.10 Å². The minimum Gasteiger partial charge on any atom is -0.507 e. The van der Waals surface area contributed by atoms with Crippen molar-refractivity contribution in [3.05, 3.63) is 94.0 Å². The Hall–Kier alpha value is -3.51. The lowest BCUT2D eigenvalue weighted by Crippen LogP contribution is -2.29. The van der Waals surface area contributed by atoms with E-state index in [0.717, 1.165) is 17.5 Å². The van der Waals surface area contributed by atoms with Crippen LogP contribution in [0.3, 0.4) is 0 Å². The Balaban J connectivity index is 1.67. The molecule has 0 saturated heterocycles. The van der Waals surface area contributed by atoms with Crippen LogP contribution in [0.1, 0.15) is 45.9 Å². The molecule has 0 spiro atoms. The first-order chi connectivity index (χ1) is 15.1. The fourth-order valence-electron chi connectivity index (χ4n) is 4.12. The van der Waals surface area contributed by atoms with Crippen molar-refractivity contribution in [2.75, 3.05) is 0 Å². The molecule has 1 unspecified atom stereocenters. The fourth-order valence-corrected chi connectivity index (χ4v) is 4.29. The highest BCUT2D eigenvalue weighted by Gasteiger charge is 2.42. The summed E-state index contributed by atoms with van der Waals surface area (Å²) in [6, 6.07) is 16.3. The van der Waals surface area contributed by atoms with Crippen molar-refractivity contribution in [2.24, 2.45) is 0 Å². The van der Waals surface area contributed by atoms with Crippen LogP contribution in [0, 0.1) is 0 Å². The van der Waals surface area contributed by atoms with Gasteiger partial charge in [0.25, 0.3) is 5.91 Å². The SMILES string of the molecule is CCc1ccc(C2c3c(-c4cc(Cl)ccc4O)n[nH]c3C(=O)N2Cc2ccco2)cc1. The number of carbonyl (C=O) groups is 1. The Kier molecular flexibility index (Phi) is 4.79. The Morgan fingerprint density at radius 2 is 2.00 bits per heavy atom. The number of nitrogens with one attached hydrogen (secondary N) is 1. The second kappa shape index (κ2) is 7.63. The summed E-state index contributed by atoms with van der Waals surface area (Å²) >= 11 is 6.18. The molecular weight excluding hydrogens is 414 g/mol. The summed E-state index contributed by atoms with van der Waals surface area (Å²) in [5, 5.41) is 18.2. The van der Waals surface area contributed by atoms with Gasteiger partial charge in [0.05, 0.1) is 18.8 Å². The molecule has 0 aliphatic carbocycles. The summed E-state index contributed by atoms with van der Waals surface area (Å²) in [6.45, 7) is 2.42. The van der Waals surface area contributed by atoms with Gasteiger partial charge in [-0.05, 0) is 47.9 Å². The number of phenols is 1. The van der Waals surface area contributed by atoms with Crippen molar-refractivity contribution in [3.8, 4) is 17.0 Å². The molecule has 2 aromatic carbocycles. The molecule has 0 bridgehead atoms. The summed E-state index contributed by atoms with van der Waals surface area (Å²) in [4.78, 5) is 15.1. The van der Waals surface area contributed by atoms with Crippen LogP contribution in [0.25, 0.3) is 11.3 Å². The number of H-pyrrole nitrogens is 1. The molecule has 1 aliphatic rings. The first-order valence-electron chi connectivity index (χ1n) is 10.1. The lowest BCUT2D eigenvalue weighted by Gasteiger charge is -2.26. The van der Waals surface area contributed by atoms with Gasteiger partial charge in [-0.25, -0.2) is 0 Å². The molecule has 2 aromatic heterocycles. The van der Waals surface area contributed by atoms with Crippen LogP contribution in [0.2, 0.25) is 5.02 Å². The first kappa shape index (κ1) is 19.5. The Morgan fingerprint density at radius 1 is 1.19 bits per heavy atom. The number of aromatic hydroxyl groups is 1. The average molecular weight is 434 g/mol. The van der Waals surface area contributed by atoms with Gasteiger partial charge in [0.15, 0.2) is 0 Å². The van der Waals surface area contributed by atoms with Gasteiger partial charge in [0.2, 0.25) is 0 Å². The number of benzene rings is 2. The average Bonchev–Trinajstić information content (AvgIpc) is 3.50. The molecule has 1 atom stereocenters. The number of amides is 1. The highest BCUT2D eigenvalue weighted by Crippen LogP contribution is 2.45. The van der Waals surface area contributed by atoms with Crippen molar-refractivity contribution in [3.63, 3.8) is 0 Å². The maximum absolute atomic E-state index is 13.4. The third-order valence-corrected chi connectivity index (χ3v) is 5.92. The molecule has 31 heavy (non-hydrogen) atoms. The Labute approximate surface area is 184 Å². The molecule has 1 amide bonds. The van der Waals surface area contributed by atoms with Gasteiger partial charge in [-0.3, -0.25) is 9.89 Å². The Bertz CT molecular complexity index is 1250. The van der Waals surface area contributed by atoms with E-state index in [4.69, 9.17) is 16.0 Å². The normalized spacial score (nSPS) is 15.5. The van der Waals surface area contributed by atoms with E-state index in [2.05, 4.69) is 29.3 Å². The van der Waals surface area contributed by atoms with Gasteiger partial charge in [0.1, 0.15) is 22.9 Å². The molecule has 3 heterocycles. The van der Waals surface area contributed by atoms with Gasteiger partial charge in [-0.15, -0.1) is 0 Å². The molecule has 6 nitrogen and oxygen atoms in total. The second-order valence-electron chi connectivity index (χ2n) is 7.53. The monoisotopic (exact) mass is 433 g/mol. The van der Waals surface area contributed by atoms with Gasteiger partial charge in [-0.1, -0.05) is 42.8 Å². The smallest absolute Gasteiger partial charge is 0.273 e. The fraction of sp³-hybridized carbons (Fsp3) is 0.167. The number of aromatic nitrogens is 2. The van der Waals surface area contributed by atoms with Gasteiger partial charge >= 0.3 is 0 Å². The van der Waals surface area contributed by atoms with Crippen molar-refractivity contribution >= 4 is 17.5 Å². The van der Waals surface area contributed by atoms with Crippen LogP contribution in [-0.4, -0.2) is 26.1 Å². The van der Waals surface area contributed by atoms with E-state index in [1.807, 2.05) is 18.2 Å². The molecule has 0 radical (unpaired) electrons. The number of furan rings is 1. The topological polar surface area (TPSA) is 82.4 Å². The third kappa shape index (κ3) is 3.29. The van der Waals surface area contributed by atoms with Crippen LogP contribution >= 0.6 is 11.6 Å². The maximum Gasteiger partial charge on any atom is 0.273 e. The summed E-state index contributed by atoms with van der Waals surface area (Å²) in [5.74, 6) is 0.570. The predicted molar refractivity (Wildman–Crippen MR) is 117 cm³/mol. The third-order valence-electron chi connectivity index (χ3n) is 5.69. The van der Waals surface area contributed by atoms with E-state index in [-0.39, 0.29) is 17.7 Å². The molecule has 0 saturated carbocycles. The molecule has 4 aromatic rings. The van der Waals surface area contributed by atoms with Gasteiger partial charge in [0, 0.05) is 16.1 Å². The molecule has 1 aliphatic heterocycles. The predicted octanol–water partition coefficient (Wildman–Crippen LogP) is 5.34. The standard InChI is InChI=1S/C24H20ClN3O3/c1-2-14-5-7-15(8-6-14)23-20-21(18-12-16(25)9-10-19(18)29)26-27-22(20)24(30)28(23)13-17-4-3-11-31-17/h3-12,23,29H,2,13H2,1H3,(H,26,27). The number of aromatic amines is 1. The van der Waals surface area contributed by atoms with E-state index in [0.29, 0.717) is 34.3 Å². The minimum atomic E-state index is -0.384. The number of phenolic OH excluding ortho intramolecular Hbond substituents is 1. The summed E-state index contributed by atoms with van der Waals surface area (Å²) in [6.07, 6.45) is 2.52. The molecular formula is C24H20ClN3O3. The van der Waals surface area contributed by atoms with E-state index >= 15 is 0 Å². The van der Waals surface area contributed by atoms with Crippen LogP contribution in [0.15, 0.2) is 65.3 Å². The van der Waals surface area contributed by atoms with Crippen molar-refractivity contribution in [2.45, 2.75) is 25.9 Å². The number of hydrogen-bond acceptors (Lipinski definition) is 4. The molecule has 0 fully saturated rings. The molecule has 5 rings (SSSR count). The van der Waals surface area contributed by atoms with E-state index < -0.39 is 0 Å². The van der Waals surface area contributed by atoms with Gasteiger partial charge < -0.3 is 14.4 Å². The minimum absolute atomic E-state index is 0.0516. The van der Waals surface area contributed by atoms with Crippen molar-refractivity contribution < 1.29 is 14.3 Å². The van der Waals surface area contributed by atoms with E-state index in [1.165, 1.54) is 11.6 Å². The van der Waals surface area contributed by atoms with Crippen LogP contribution in [0.4, 0.5) is 0 Å². The second-order valence-corrected chi connectivity index (χ2v) is 7.97. The molecule has 7 heteroatoms. The molecule has 2 N–H and O–H groups in total. The van der Waals surface area contributed by atoms with E-state index in [9.17, 15) is 9.90 Å².